The summed E-state index contributed by atoms with van der Waals surface area (Å²) in [6.45, 7) is 7.98. The van der Waals surface area contributed by atoms with Crippen LogP contribution in [0.15, 0.2) is 24.4 Å². The molecule has 0 aromatic carbocycles. The lowest BCUT2D eigenvalue weighted by molar-refractivity contribution is -0.731. The van der Waals surface area contributed by atoms with Gasteiger partial charge < -0.3 is 4.74 Å². The van der Waals surface area contributed by atoms with Gasteiger partial charge in [-0.05, 0) is 40.7 Å². The molecule has 1 unspecified atom stereocenters. The van der Waals surface area contributed by atoms with Gasteiger partial charge in [0, 0.05) is 12.1 Å². The van der Waals surface area contributed by atoms with Crippen molar-refractivity contribution < 1.29 is 22.5 Å². The molecule has 19 heavy (non-hydrogen) atoms. The number of halogens is 3. The number of nitrogens with zero attached hydrogens (tertiary/aromatic N) is 1. The van der Waals surface area contributed by atoms with Crippen LogP contribution in [0.25, 0.3) is 0 Å². The molecule has 0 aliphatic rings. The first-order chi connectivity index (χ1) is 8.59. The Balaban J connectivity index is 3.42. The molecule has 2 nitrogen and oxygen atoms in total. The Hall–Kier alpha value is -1.10. The standard InChI is InChI=1S/C14H21F3NO/c1-10(2)18-9-7-6-8-12(18)13(5,14(15,16)17)19-11(3)4/h6-11H,1-5H3/q+1. The van der Waals surface area contributed by atoms with E-state index in [1.54, 1.807) is 36.7 Å². The molecule has 0 bridgehead atoms. The van der Waals surface area contributed by atoms with Crippen LogP contribution in [0, 0.1) is 0 Å². The maximum absolute atomic E-state index is 13.5. The second-order valence-corrected chi connectivity index (χ2v) is 5.28. The van der Waals surface area contributed by atoms with Crippen LogP contribution < -0.4 is 4.57 Å². The third-order valence-corrected chi connectivity index (χ3v) is 2.95. The molecule has 1 atom stereocenters. The van der Waals surface area contributed by atoms with Gasteiger partial charge in [0.2, 0.25) is 11.3 Å². The lowest BCUT2D eigenvalue weighted by Gasteiger charge is -2.32. The van der Waals surface area contributed by atoms with Gasteiger partial charge in [-0.3, -0.25) is 0 Å². The molecule has 0 aliphatic carbocycles. The minimum absolute atomic E-state index is 0.0753. The summed E-state index contributed by atoms with van der Waals surface area (Å²) >= 11 is 0. The van der Waals surface area contributed by atoms with Crippen LogP contribution in [-0.4, -0.2) is 12.3 Å². The van der Waals surface area contributed by atoms with Gasteiger partial charge >= 0.3 is 6.18 Å². The molecule has 0 aliphatic heterocycles. The summed E-state index contributed by atoms with van der Waals surface area (Å²) in [5.74, 6) is 0. The van der Waals surface area contributed by atoms with Crippen LogP contribution in [0.1, 0.15) is 46.4 Å². The normalized spacial score (nSPS) is 15.9. The first-order valence-electron chi connectivity index (χ1n) is 6.34. The van der Waals surface area contributed by atoms with Gasteiger partial charge in [0.1, 0.15) is 0 Å². The second-order valence-electron chi connectivity index (χ2n) is 5.28. The molecule has 5 heteroatoms. The highest BCUT2D eigenvalue weighted by molar-refractivity contribution is 5.10. The largest absolute Gasteiger partial charge is 0.427 e. The lowest BCUT2D eigenvalue weighted by Crippen LogP contribution is -2.54. The Bertz CT molecular complexity index is 429. The van der Waals surface area contributed by atoms with Crippen molar-refractivity contribution in [1.29, 1.82) is 0 Å². The number of alkyl halides is 3. The average Bonchev–Trinajstić information content (AvgIpc) is 2.26. The van der Waals surface area contributed by atoms with Crippen molar-refractivity contribution in [2.45, 2.75) is 58.5 Å². The molecule has 0 fully saturated rings. The average molecular weight is 276 g/mol. The van der Waals surface area contributed by atoms with Crippen LogP contribution >= 0.6 is 0 Å². The predicted octanol–water partition coefficient (Wildman–Crippen LogP) is 3.76. The molecule has 1 heterocycles. The smallest absolute Gasteiger partial charge is 0.354 e. The van der Waals surface area contributed by atoms with Gasteiger partial charge in [0.15, 0.2) is 12.2 Å². The Morgan fingerprint density at radius 1 is 1.11 bits per heavy atom. The fraction of sp³-hybridized carbons (Fsp3) is 0.643. The number of pyridine rings is 1. The molecule has 0 N–H and O–H groups in total. The van der Waals surface area contributed by atoms with Crippen molar-refractivity contribution in [1.82, 2.24) is 0 Å². The summed E-state index contributed by atoms with van der Waals surface area (Å²) in [5.41, 5.74) is -2.20. The summed E-state index contributed by atoms with van der Waals surface area (Å²) in [6, 6.07) is 4.71. The van der Waals surface area contributed by atoms with E-state index in [9.17, 15) is 13.2 Å². The van der Waals surface area contributed by atoms with E-state index in [1.165, 1.54) is 6.07 Å². The van der Waals surface area contributed by atoms with Gasteiger partial charge in [0.25, 0.3) is 0 Å². The number of rotatable bonds is 4. The van der Waals surface area contributed by atoms with Crippen molar-refractivity contribution >= 4 is 0 Å². The van der Waals surface area contributed by atoms with Gasteiger partial charge in [0.05, 0.1) is 6.10 Å². The molecule has 0 amide bonds. The summed E-state index contributed by atoms with van der Waals surface area (Å²) in [7, 11) is 0. The van der Waals surface area contributed by atoms with Crippen LogP contribution in [-0.2, 0) is 10.3 Å². The van der Waals surface area contributed by atoms with Gasteiger partial charge in [-0.25, -0.2) is 0 Å². The molecular formula is C14H21F3NO+. The summed E-state index contributed by atoms with van der Waals surface area (Å²) in [4.78, 5) is 0. The quantitative estimate of drug-likeness (QED) is 0.763. The first-order valence-corrected chi connectivity index (χ1v) is 6.34. The molecule has 0 radical (unpaired) electrons. The van der Waals surface area contributed by atoms with E-state index >= 15 is 0 Å². The van der Waals surface area contributed by atoms with Crippen molar-refractivity contribution in [2.24, 2.45) is 0 Å². The van der Waals surface area contributed by atoms with E-state index in [0.29, 0.717) is 0 Å². The topological polar surface area (TPSA) is 13.1 Å². The maximum atomic E-state index is 13.5. The highest BCUT2D eigenvalue weighted by atomic mass is 19.4. The molecule has 108 valence electrons. The van der Waals surface area contributed by atoms with Crippen LogP contribution in [0.3, 0.4) is 0 Å². The van der Waals surface area contributed by atoms with Gasteiger partial charge in [-0.15, -0.1) is 0 Å². The summed E-state index contributed by atoms with van der Waals surface area (Å²) in [5, 5.41) is 0. The maximum Gasteiger partial charge on any atom is 0.427 e. The molecular weight excluding hydrogens is 255 g/mol. The van der Waals surface area contributed by atoms with E-state index < -0.39 is 17.9 Å². The lowest BCUT2D eigenvalue weighted by atomic mass is 9.98. The SMILES string of the molecule is CC(C)OC(C)(c1cccc[n+]1C(C)C)C(F)(F)F. The van der Waals surface area contributed by atoms with E-state index in [0.717, 1.165) is 6.92 Å². The molecule has 0 saturated carbocycles. The molecule has 0 spiro atoms. The van der Waals surface area contributed by atoms with Crippen molar-refractivity contribution in [2.75, 3.05) is 0 Å². The Kier molecular flexibility index (Phi) is 4.61. The van der Waals surface area contributed by atoms with Gasteiger partial charge in [-0.2, -0.15) is 17.7 Å². The zero-order valence-corrected chi connectivity index (χ0v) is 12.0. The zero-order chi connectivity index (χ0) is 14.8. The molecule has 1 aromatic heterocycles. The minimum atomic E-state index is -4.48. The summed E-state index contributed by atoms with van der Waals surface area (Å²) < 4.78 is 47.2. The fourth-order valence-electron chi connectivity index (χ4n) is 2.05. The van der Waals surface area contributed by atoms with E-state index in [4.69, 9.17) is 4.74 Å². The van der Waals surface area contributed by atoms with Crippen molar-refractivity contribution in [3.05, 3.63) is 30.1 Å². The zero-order valence-electron chi connectivity index (χ0n) is 12.0. The van der Waals surface area contributed by atoms with Crippen LogP contribution in [0.2, 0.25) is 0 Å². The first kappa shape index (κ1) is 16.0. The number of aromatic nitrogens is 1. The molecule has 1 aromatic rings. The number of hydrogen-bond acceptors (Lipinski definition) is 1. The summed E-state index contributed by atoms with van der Waals surface area (Å²) in [6.07, 6.45) is -3.35. The fourth-order valence-corrected chi connectivity index (χ4v) is 2.05. The Labute approximate surface area is 112 Å². The third-order valence-electron chi connectivity index (χ3n) is 2.95. The van der Waals surface area contributed by atoms with Crippen LogP contribution in [0.5, 0.6) is 0 Å². The van der Waals surface area contributed by atoms with E-state index in [2.05, 4.69) is 0 Å². The van der Waals surface area contributed by atoms with E-state index in [-0.39, 0.29) is 11.7 Å². The predicted molar refractivity (Wildman–Crippen MR) is 66.7 cm³/mol. The highest BCUT2D eigenvalue weighted by Crippen LogP contribution is 2.41. The van der Waals surface area contributed by atoms with Crippen LogP contribution in [0.4, 0.5) is 13.2 Å². The Morgan fingerprint density at radius 2 is 1.68 bits per heavy atom. The highest BCUT2D eigenvalue weighted by Gasteiger charge is 2.59. The van der Waals surface area contributed by atoms with Gasteiger partial charge in [-0.1, -0.05) is 0 Å². The van der Waals surface area contributed by atoms with E-state index in [1.807, 2.05) is 13.8 Å². The molecule has 1 rings (SSSR count). The number of ether oxygens (including phenoxy) is 1. The molecule has 0 saturated heterocycles. The Morgan fingerprint density at radius 3 is 2.11 bits per heavy atom. The third kappa shape index (κ3) is 3.26. The monoisotopic (exact) mass is 276 g/mol. The number of hydrogen-bond donors (Lipinski definition) is 0. The second kappa shape index (κ2) is 5.49. The van der Waals surface area contributed by atoms with Crippen molar-refractivity contribution in [3.63, 3.8) is 0 Å². The van der Waals surface area contributed by atoms with Crippen molar-refractivity contribution in [3.8, 4) is 0 Å². The minimum Gasteiger partial charge on any atom is -0.354 e.